The van der Waals surface area contributed by atoms with E-state index in [9.17, 15) is 13.2 Å². The first kappa shape index (κ1) is 17.8. The number of carbonyl (C=O) groups excluding carboxylic acids is 1. The molecule has 7 heteroatoms. The van der Waals surface area contributed by atoms with Crippen LogP contribution in [0.5, 0.6) is 0 Å². The zero-order valence-electron chi connectivity index (χ0n) is 14.3. The van der Waals surface area contributed by atoms with Gasteiger partial charge in [-0.3, -0.25) is 9.10 Å². The highest BCUT2D eigenvalue weighted by molar-refractivity contribution is 7.92. The molecule has 0 aromatic heterocycles. The predicted octanol–water partition coefficient (Wildman–Crippen LogP) is 3.25. The number of sulfonamides is 1. The van der Waals surface area contributed by atoms with E-state index < -0.39 is 10.0 Å². The highest BCUT2D eigenvalue weighted by Gasteiger charge is 2.27. The summed E-state index contributed by atoms with van der Waals surface area (Å²) in [5.74, 6) is -0.214. The van der Waals surface area contributed by atoms with E-state index in [2.05, 4.69) is 0 Å². The van der Waals surface area contributed by atoms with Crippen LogP contribution in [0.25, 0.3) is 0 Å². The number of benzene rings is 2. The Morgan fingerprint density at radius 3 is 2.60 bits per heavy atom. The second-order valence-electron chi connectivity index (χ2n) is 6.22. The van der Waals surface area contributed by atoms with Crippen molar-refractivity contribution in [2.24, 2.45) is 0 Å². The third-order valence-electron chi connectivity index (χ3n) is 4.42. The summed E-state index contributed by atoms with van der Waals surface area (Å²) >= 11 is 6.05. The maximum atomic E-state index is 12.9. The molecule has 3 rings (SSSR count). The molecule has 5 nitrogen and oxygen atoms in total. The fourth-order valence-electron chi connectivity index (χ4n) is 3.07. The molecule has 0 unspecified atom stereocenters. The maximum Gasteiger partial charge on any atom is 0.258 e. The fourth-order valence-corrected chi connectivity index (χ4v) is 4.19. The van der Waals surface area contributed by atoms with Gasteiger partial charge in [-0.05, 0) is 48.7 Å². The van der Waals surface area contributed by atoms with Gasteiger partial charge >= 0.3 is 0 Å². The molecule has 0 atom stereocenters. The molecule has 2 aromatic rings. The van der Waals surface area contributed by atoms with E-state index in [1.165, 1.54) is 15.5 Å². The number of halogens is 1. The number of rotatable bonds is 3. The van der Waals surface area contributed by atoms with Crippen molar-refractivity contribution < 1.29 is 13.2 Å². The average Bonchev–Trinajstić information content (AvgIpc) is 2.99. The Morgan fingerprint density at radius 1 is 1.20 bits per heavy atom. The standard InChI is InChI=1S/C18H19ClN2O3S/c1-12-4-7-15(19)11-16(12)20(2)18(22)14-6-5-13-8-9-21(17(13)10-14)25(3,23)24/h4-7,10-11H,8-9H2,1-3H3. The van der Waals surface area contributed by atoms with Gasteiger partial charge in [-0.15, -0.1) is 0 Å². The van der Waals surface area contributed by atoms with E-state index >= 15 is 0 Å². The zero-order chi connectivity index (χ0) is 18.4. The molecule has 0 radical (unpaired) electrons. The summed E-state index contributed by atoms with van der Waals surface area (Å²) < 4.78 is 25.2. The summed E-state index contributed by atoms with van der Waals surface area (Å²) in [5.41, 5.74) is 3.61. The van der Waals surface area contributed by atoms with Gasteiger partial charge in [0.15, 0.2) is 0 Å². The SMILES string of the molecule is Cc1ccc(Cl)cc1N(C)C(=O)c1ccc2c(c1)N(S(C)(=O)=O)CC2. The van der Waals surface area contributed by atoms with E-state index in [4.69, 9.17) is 11.6 Å². The molecule has 1 heterocycles. The monoisotopic (exact) mass is 378 g/mol. The Balaban J connectivity index is 1.97. The Kier molecular flexibility index (Phi) is 4.51. The highest BCUT2D eigenvalue weighted by atomic mass is 35.5. The lowest BCUT2D eigenvalue weighted by atomic mass is 10.1. The largest absolute Gasteiger partial charge is 0.311 e. The minimum Gasteiger partial charge on any atom is -0.311 e. The Bertz CT molecular complexity index is 957. The Labute approximate surface area is 152 Å². The number of aryl methyl sites for hydroxylation is 1. The first-order valence-corrected chi connectivity index (χ1v) is 10.1. The molecule has 0 saturated carbocycles. The van der Waals surface area contributed by atoms with Crippen molar-refractivity contribution in [2.45, 2.75) is 13.3 Å². The lowest BCUT2D eigenvalue weighted by molar-refractivity contribution is 0.0993. The van der Waals surface area contributed by atoms with Gasteiger partial charge in [0.2, 0.25) is 10.0 Å². The van der Waals surface area contributed by atoms with Crippen molar-refractivity contribution >= 4 is 38.9 Å². The van der Waals surface area contributed by atoms with Gasteiger partial charge in [0, 0.05) is 29.9 Å². The summed E-state index contributed by atoms with van der Waals surface area (Å²) in [5, 5.41) is 0.553. The first-order chi connectivity index (χ1) is 11.7. The molecule has 2 aromatic carbocycles. The number of amides is 1. The van der Waals surface area contributed by atoms with Crippen molar-refractivity contribution in [3.8, 4) is 0 Å². The summed E-state index contributed by atoms with van der Waals surface area (Å²) in [7, 11) is -1.67. The molecule has 0 saturated heterocycles. The van der Waals surface area contributed by atoms with Crippen molar-refractivity contribution in [3.63, 3.8) is 0 Å². The van der Waals surface area contributed by atoms with Gasteiger partial charge in [-0.1, -0.05) is 23.7 Å². The number of anilines is 2. The molecular weight excluding hydrogens is 360 g/mol. The van der Waals surface area contributed by atoms with Crippen LogP contribution >= 0.6 is 11.6 Å². The van der Waals surface area contributed by atoms with Gasteiger partial charge < -0.3 is 4.90 Å². The number of hydrogen-bond acceptors (Lipinski definition) is 3. The second kappa shape index (κ2) is 6.35. The van der Waals surface area contributed by atoms with Gasteiger partial charge in [0.25, 0.3) is 5.91 Å². The van der Waals surface area contributed by atoms with Gasteiger partial charge in [-0.2, -0.15) is 0 Å². The normalized spacial score (nSPS) is 13.7. The van der Waals surface area contributed by atoms with Crippen LogP contribution in [-0.4, -0.2) is 34.2 Å². The third kappa shape index (κ3) is 3.37. The molecule has 0 fully saturated rings. The lowest BCUT2D eigenvalue weighted by Crippen LogP contribution is -2.29. The van der Waals surface area contributed by atoms with E-state index in [-0.39, 0.29) is 5.91 Å². The summed E-state index contributed by atoms with van der Waals surface area (Å²) in [6.07, 6.45) is 1.83. The van der Waals surface area contributed by atoms with Crippen LogP contribution in [0.2, 0.25) is 5.02 Å². The van der Waals surface area contributed by atoms with Crippen molar-refractivity contribution in [1.29, 1.82) is 0 Å². The van der Waals surface area contributed by atoms with E-state index in [0.29, 0.717) is 29.2 Å². The third-order valence-corrected chi connectivity index (χ3v) is 5.84. The van der Waals surface area contributed by atoms with Crippen LogP contribution in [0.3, 0.4) is 0 Å². The van der Waals surface area contributed by atoms with Crippen LogP contribution in [0.1, 0.15) is 21.5 Å². The van der Waals surface area contributed by atoms with Crippen LogP contribution in [0.4, 0.5) is 11.4 Å². The van der Waals surface area contributed by atoms with Crippen LogP contribution in [0, 0.1) is 6.92 Å². The molecular formula is C18H19ClN2O3S. The Morgan fingerprint density at radius 2 is 1.92 bits per heavy atom. The number of hydrogen-bond donors (Lipinski definition) is 0. The van der Waals surface area contributed by atoms with E-state index in [1.54, 1.807) is 31.3 Å². The maximum absolute atomic E-state index is 12.9. The summed E-state index contributed by atoms with van der Waals surface area (Å²) in [6.45, 7) is 2.32. The zero-order valence-corrected chi connectivity index (χ0v) is 15.9. The molecule has 0 bridgehead atoms. The predicted molar refractivity (Wildman–Crippen MR) is 101 cm³/mol. The molecule has 0 spiro atoms. The molecule has 0 aliphatic carbocycles. The fraction of sp³-hybridized carbons (Fsp3) is 0.278. The minimum absolute atomic E-state index is 0.214. The number of carbonyl (C=O) groups is 1. The Hall–Kier alpha value is -2.05. The van der Waals surface area contributed by atoms with E-state index in [1.807, 2.05) is 19.1 Å². The molecule has 1 aliphatic heterocycles. The molecule has 25 heavy (non-hydrogen) atoms. The minimum atomic E-state index is -3.35. The van der Waals surface area contributed by atoms with Crippen molar-refractivity contribution in [2.75, 3.05) is 29.1 Å². The van der Waals surface area contributed by atoms with Gasteiger partial charge in [0.05, 0.1) is 11.9 Å². The van der Waals surface area contributed by atoms with Crippen LogP contribution < -0.4 is 9.21 Å². The van der Waals surface area contributed by atoms with E-state index in [0.717, 1.165) is 16.8 Å². The summed E-state index contributed by atoms with van der Waals surface area (Å²) in [4.78, 5) is 14.4. The first-order valence-electron chi connectivity index (χ1n) is 7.83. The molecule has 1 amide bonds. The van der Waals surface area contributed by atoms with Crippen molar-refractivity contribution in [3.05, 3.63) is 58.1 Å². The molecule has 132 valence electrons. The van der Waals surface area contributed by atoms with Crippen LogP contribution in [-0.2, 0) is 16.4 Å². The summed E-state index contributed by atoms with van der Waals surface area (Å²) in [6, 6.07) is 10.6. The van der Waals surface area contributed by atoms with Crippen LogP contribution in [0.15, 0.2) is 36.4 Å². The topological polar surface area (TPSA) is 57.7 Å². The molecule has 0 N–H and O–H groups in total. The highest BCUT2D eigenvalue weighted by Crippen LogP contribution is 2.32. The number of fused-ring (bicyclic) bond motifs is 1. The smallest absolute Gasteiger partial charge is 0.258 e. The van der Waals surface area contributed by atoms with Gasteiger partial charge in [0.1, 0.15) is 0 Å². The average molecular weight is 379 g/mol. The lowest BCUT2D eigenvalue weighted by Gasteiger charge is -2.21. The number of nitrogens with zero attached hydrogens (tertiary/aromatic N) is 2. The molecule has 1 aliphatic rings. The van der Waals surface area contributed by atoms with Gasteiger partial charge in [-0.25, -0.2) is 8.42 Å². The van der Waals surface area contributed by atoms with Crippen molar-refractivity contribution in [1.82, 2.24) is 0 Å². The quantitative estimate of drug-likeness (QED) is 0.823. The second-order valence-corrected chi connectivity index (χ2v) is 8.57.